The molecule has 30 heteroatoms. The molecule has 0 radical (unpaired) electrons. The monoisotopic (exact) mass is 1240 g/mol. The minimum absolute atomic E-state index is 0.0163. The van der Waals surface area contributed by atoms with Crippen molar-refractivity contribution in [2.45, 2.75) is 111 Å². The maximum atomic E-state index is 15.1. The van der Waals surface area contributed by atoms with Gasteiger partial charge in [-0.3, -0.25) is 28.1 Å². The fraction of sp³-hybridized carbons (Fsp3) is 0.426. The zero-order valence-electron chi connectivity index (χ0n) is 47.4. The number of imidazole rings is 1. The van der Waals surface area contributed by atoms with Crippen molar-refractivity contribution in [1.82, 2.24) is 39.5 Å². The van der Waals surface area contributed by atoms with Crippen molar-refractivity contribution in [2.75, 3.05) is 45.1 Å². The number of para-hydroxylation sites is 2. The molecule has 6 N–H and O–H groups in total. The van der Waals surface area contributed by atoms with E-state index in [1.807, 2.05) is 34.6 Å². The van der Waals surface area contributed by atoms with E-state index < -0.39 is 86.6 Å². The zero-order chi connectivity index (χ0) is 60.5. The van der Waals surface area contributed by atoms with Crippen LogP contribution < -0.4 is 25.0 Å². The van der Waals surface area contributed by atoms with Gasteiger partial charge in [-0.1, -0.05) is 125 Å². The lowest BCUT2D eigenvalue weighted by Crippen LogP contribution is -2.38. The molecule has 456 valence electrons. The highest BCUT2D eigenvalue weighted by Crippen LogP contribution is 2.64. The predicted molar refractivity (Wildman–Crippen MR) is 311 cm³/mol. The van der Waals surface area contributed by atoms with E-state index in [0.717, 1.165) is 19.4 Å². The van der Waals surface area contributed by atoms with Gasteiger partial charge < -0.3 is 43.7 Å². The summed E-state index contributed by atoms with van der Waals surface area (Å²) in [6.45, 7) is 13.2. The van der Waals surface area contributed by atoms with Gasteiger partial charge in [-0.15, -0.1) is 0 Å². The number of esters is 2. The average Bonchev–Trinajstić information content (AvgIpc) is 4.02. The lowest BCUT2D eigenvalue weighted by molar-refractivity contribution is -0.147. The van der Waals surface area contributed by atoms with Gasteiger partial charge in [0.25, 0.3) is 0 Å². The Morgan fingerprint density at radius 2 is 1.32 bits per heavy atom. The maximum absolute atomic E-state index is 15.1. The molecule has 6 aromatic rings. The van der Waals surface area contributed by atoms with Crippen LogP contribution in [0.15, 0.2) is 128 Å². The molecule has 0 aliphatic carbocycles. The number of hydrogen-bond donors (Lipinski definition) is 5. The molecule has 26 nitrogen and oxygen atoms in total. The van der Waals surface area contributed by atoms with Crippen LogP contribution in [0.3, 0.4) is 0 Å². The third-order valence-electron chi connectivity index (χ3n) is 13.4. The number of anilines is 1. The summed E-state index contributed by atoms with van der Waals surface area (Å²) < 4.78 is 111. The number of hydrogen-bond acceptors (Lipinski definition) is 21. The molecule has 0 bridgehead atoms. The molecule has 0 saturated carbocycles. The second-order valence-corrected chi connectivity index (χ2v) is 25.8. The molecule has 1 aliphatic heterocycles. The average molecular weight is 1240 g/mol. The number of phosphoric ester groups is 2. The van der Waals surface area contributed by atoms with Crippen molar-refractivity contribution in [1.29, 1.82) is 0 Å². The van der Waals surface area contributed by atoms with Crippen LogP contribution in [0, 0.1) is 0 Å². The number of fused-ring (bicyclic) bond motifs is 1. The van der Waals surface area contributed by atoms with E-state index in [1.165, 1.54) is 36.0 Å². The van der Waals surface area contributed by atoms with Crippen molar-refractivity contribution in [3.63, 3.8) is 0 Å². The molecule has 1 saturated heterocycles. The second-order valence-electron chi connectivity index (χ2n) is 19.3. The molecule has 3 heterocycles. The molecular weight excluding hydrogens is 1170 g/mol. The number of nitrogens with two attached hydrogens (primary N) is 1. The molecule has 84 heavy (non-hydrogen) atoms. The van der Waals surface area contributed by atoms with E-state index >= 15 is 4.57 Å². The Bertz CT molecular complexity index is 3280. The third kappa shape index (κ3) is 18.9. The summed E-state index contributed by atoms with van der Waals surface area (Å²) in [5.74, 6) is -1.88. The van der Waals surface area contributed by atoms with Gasteiger partial charge in [0.15, 0.2) is 17.7 Å². The van der Waals surface area contributed by atoms with Gasteiger partial charge >= 0.3 is 43.1 Å². The number of carbonyl (C=O) groups is 2. The summed E-state index contributed by atoms with van der Waals surface area (Å²) in [4.78, 5) is 67.2. The number of benzene rings is 4. The number of rotatable bonds is 34. The number of aromatic nitrogens is 4. The zero-order valence-corrected chi connectivity index (χ0v) is 51.0. The predicted octanol–water partition coefficient (Wildman–Crippen LogP) is 9.65. The highest BCUT2D eigenvalue weighted by atomic mass is 31.3. The van der Waals surface area contributed by atoms with Crippen molar-refractivity contribution in [2.24, 2.45) is 0 Å². The summed E-state index contributed by atoms with van der Waals surface area (Å²) in [6.07, 6.45) is -2.09. The summed E-state index contributed by atoms with van der Waals surface area (Å²) in [7, 11) is -21.5. The minimum atomic E-state index is -5.69. The molecule has 0 spiro atoms. The molecule has 4 aromatic carbocycles. The van der Waals surface area contributed by atoms with Crippen molar-refractivity contribution >= 4 is 60.1 Å². The summed E-state index contributed by atoms with van der Waals surface area (Å²) in [5, 5.41) is 5.01. The Morgan fingerprint density at radius 1 is 0.738 bits per heavy atom. The topological polar surface area (TPSA) is 326 Å². The Kier molecular flexibility index (Phi) is 23.9. The molecular formula is C54H73N9O17P4. The van der Waals surface area contributed by atoms with Crippen molar-refractivity contribution in [3.8, 4) is 11.5 Å². The number of ether oxygens (including phenoxy) is 3. The lowest BCUT2D eigenvalue weighted by atomic mass is 10.1. The molecule has 0 amide bonds. The van der Waals surface area contributed by atoms with Crippen molar-refractivity contribution < 1.29 is 78.6 Å². The molecule has 2 aromatic heterocycles. The normalized spacial score (nSPS) is 19.3. The Balaban J connectivity index is 1.14. The fourth-order valence-electron chi connectivity index (χ4n) is 9.10. The number of nitrogens with one attached hydrogen (secondary N) is 2. The van der Waals surface area contributed by atoms with Crippen LogP contribution >= 0.6 is 31.1 Å². The number of nitrogen functional groups attached to an aromatic ring is 1. The summed E-state index contributed by atoms with van der Waals surface area (Å²) in [5.41, 5.74) is 8.12. The van der Waals surface area contributed by atoms with Crippen LogP contribution in [0.25, 0.3) is 11.2 Å². The molecule has 6 unspecified atom stereocenters. The molecule has 1 aliphatic rings. The minimum Gasteiger partial charge on any atom is -0.460 e. The Morgan fingerprint density at radius 3 is 1.95 bits per heavy atom. The van der Waals surface area contributed by atoms with E-state index in [4.69, 9.17) is 46.7 Å². The Hall–Kier alpha value is -5.75. The third-order valence-corrected chi connectivity index (χ3v) is 20.1. The van der Waals surface area contributed by atoms with E-state index in [0.29, 0.717) is 42.7 Å². The maximum Gasteiger partial charge on any atom is 0.481 e. The standard InChI is InChI=1S/C54H73N9O17P4/c1-7-61(8-2)32-22-30-46(54(65)73-35-42-25-16-12-17-26-42)60-82(67,76-43-27-18-13-19-28-43)79-83(68,69)74-36-44-33-48(52(75-44)63-38-58-49-50(55)56-37-57-51(49)63)78-84(70,71)80-81(66,59-39(5)53(64)72-34-41-23-14-11-15-24-41)77-47-31-21-20-29-45(47)40(6)62(9-3)10-4/h11-21,23-29,31,37-40,44,46,48,52H,7-10,22,30,32-36H2,1-6H3,(H,59,66)(H,60,67)(H,68,69)(H,70,71)(H2,55,56,57)/t39-,40?,44-,46-,48?,52+,81?,82?/m0/s1. The van der Waals surface area contributed by atoms with Crippen LogP contribution in [-0.4, -0.2) is 115 Å². The summed E-state index contributed by atoms with van der Waals surface area (Å²) >= 11 is 0. The highest BCUT2D eigenvalue weighted by molar-refractivity contribution is 7.64. The smallest absolute Gasteiger partial charge is 0.460 e. The van der Waals surface area contributed by atoms with Crippen LogP contribution in [0.1, 0.15) is 89.8 Å². The van der Waals surface area contributed by atoms with E-state index in [9.17, 15) is 33.1 Å². The summed E-state index contributed by atoms with van der Waals surface area (Å²) in [6, 6.07) is 28.5. The van der Waals surface area contributed by atoms with Crippen LogP contribution in [0.2, 0.25) is 0 Å². The first-order chi connectivity index (χ1) is 40.1. The molecule has 1 fully saturated rings. The number of nitrogens with zero attached hydrogens (tertiary/aromatic N) is 6. The van der Waals surface area contributed by atoms with Gasteiger partial charge in [0.1, 0.15) is 54.7 Å². The van der Waals surface area contributed by atoms with E-state index in [-0.39, 0.29) is 54.2 Å². The molecule has 7 rings (SSSR count). The van der Waals surface area contributed by atoms with Gasteiger partial charge in [0.05, 0.1) is 19.0 Å². The first-order valence-corrected chi connectivity index (χ1v) is 33.4. The van der Waals surface area contributed by atoms with E-state index in [1.54, 1.807) is 97.1 Å². The lowest BCUT2D eigenvalue weighted by Gasteiger charge is -2.30. The van der Waals surface area contributed by atoms with Gasteiger partial charge in [0.2, 0.25) is 0 Å². The van der Waals surface area contributed by atoms with Gasteiger partial charge in [-0.2, -0.15) is 18.8 Å². The fourth-order valence-corrected chi connectivity index (χ4v) is 15.3. The van der Waals surface area contributed by atoms with Gasteiger partial charge in [-0.05, 0) is 88.7 Å². The number of phosphoric acid groups is 2. The van der Waals surface area contributed by atoms with Gasteiger partial charge in [-0.25, -0.2) is 33.2 Å². The largest absolute Gasteiger partial charge is 0.481 e. The van der Waals surface area contributed by atoms with Gasteiger partial charge in [0, 0.05) is 18.0 Å². The van der Waals surface area contributed by atoms with Crippen LogP contribution in [0.4, 0.5) is 5.82 Å². The van der Waals surface area contributed by atoms with Crippen LogP contribution in [-0.2, 0) is 72.9 Å². The van der Waals surface area contributed by atoms with E-state index in [2.05, 4.69) is 34.9 Å². The number of carbonyl (C=O) groups excluding carboxylic acids is 2. The Labute approximate surface area is 488 Å². The second kappa shape index (κ2) is 30.6. The first kappa shape index (κ1) is 65.8. The quantitative estimate of drug-likeness (QED) is 0.0185. The first-order valence-electron chi connectivity index (χ1n) is 27.3. The SMILES string of the molecule is CCN(CC)CCC[C@H](NP(=O)(Oc1ccccc1)OP(=O)(O)OC[C@@H]1CC(OP(=O)(O)OP(=O)(N[C@@H](C)C(=O)OCc2ccccc2)Oc2ccccc2C(C)N(CC)CC)[C@H](n2cnc3c(N)ncnc32)O1)C(=O)OCc1ccccc1. The van der Waals surface area contributed by atoms with Crippen molar-refractivity contribution in [3.05, 3.63) is 145 Å². The highest BCUT2D eigenvalue weighted by Gasteiger charge is 2.49. The van der Waals surface area contributed by atoms with Crippen LogP contribution in [0.5, 0.6) is 11.5 Å². The molecule has 10 atom stereocenters.